The molecule has 1 aliphatic heterocycles. The van der Waals surface area contributed by atoms with E-state index in [0.29, 0.717) is 5.56 Å². The number of rotatable bonds is 2. The molecule has 0 unspecified atom stereocenters. The highest BCUT2D eigenvalue weighted by molar-refractivity contribution is 5.78. The Kier molecular flexibility index (Phi) is 3.66. The first kappa shape index (κ1) is 16.2. The third-order valence-electron chi connectivity index (χ3n) is 4.49. The van der Waals surface area contributed by atoms with Gasteiger partial charge in [0.25, 0.3) is 0 Å². The number of nitriles is 1. The topological polar surface area (TPSA) is 50.8 Å². The van der Waals surface area contributed by atoms with Crippen molar-refractivity contribution in [1.29, 1.82) is 5.26 Å². The molecule has 128 valence electrons. The summed E-state index contributed by atoms with van der Waals surface area (Å²) < 4.78 is 8.15. The maximum atomic E-state index is 9.29. The summed E-state index contributed by atoms with van der Waals surface area (Å²) in [5.74, 6) is 0.773. The Morgan fingerprint density at radius 1 is 1.12 bits per heavy atom. The second kappa shape index (κ2) is 5.89. The predicted octanol–water partition coefficient (Wildman–Crippen LogP) is 4.79. The minimum absolute atomic E-state index is 0.453. The van der Waals surface area contributed by atoms with E-state index in [2.05, 4.69) is 52.9 Å². The molecule has 1 aliphatic rings. The zero-order chi connectivity index (χ0) is 18.3. The van der Waals surface area contributed by atoms with Gasteiger partial charge in [0.2, 0.25) is 0 Å². The van der Waals surface area contributed by atoms with Gasteiger partial charge in [-0.3, -0.25) is 4.57 Å². The third-order valence-corrected chi connectivity index (χ3v) is 4.49. The van der Waals surface area contributed by atoms with E-state index in [9.17, 15) is 5.26 Å². The van der Waals surface area contributed by atoms with Crippen molar-refractivity contribution in [3.8, 4) is 23.1 Å². The van der Waals surface area contributed by atoms with Crippen molar-refractivity contribution in [1.82, 2.24) is 9.55 Å². The molecule has 2 heterocycles. The maximum Gasteiger partial charge on any atom is 0.130 e. The Morgan fingerprint density at radius 2 is 1.88 bits per heavy atom. The lowest BCUT2D eigenvalue weighted by Gasteiger charge is -2.31. The lowest BCUT2D eigenvalue weighted by molar-refractivity contribution is 0.157. The molecular formula is C22H19N3O. The number of fused-ring (bicyclic) bond motifs is 1. The van der Waals surface area contributed by atoms with E-state index in [1.165, 1.54) is 5.56 Å². The first-order valence-corrected chi connectivity index (χ1v) is 8.53. The van der Waals surface area contributed by atoms with Crippen LogP contribution in [0.5, 0.6) is 5.75 Å². The molecule has 4 nitrogen and oxygen atoms in total. The molecular weight excluding hydrogens is 322 g/mol. The normalized spacial score (nSPS) is 14.8. The van der Waals surface area contributed by atoms with Gasteiger partial charge in [0.1, 0.15) is 11.4 Å². The summed E-state index contributed by atoms with van der Waals surface area (Å²) in [6, 6.07) is 16.1. The lowest BCUT2D eigenvalue weighted by Crippen LogP contribution is -2.30. The number of aryl methyl sites for hydroxylation is 1. The number of aromatic nitrogens is 2. The van der Waals surface area contributed by atoms with E-state index < -0.39 is 5.60 Å². The predicted molar refractivity (Wildman–Crippen MR) is 102 cm³/mol. The summed E-state index contributed by atoms with van der Waals surface area (Å²) in [6.45, 7) is 6.12. The number of hydrogen-bond donors (Lipinski definition) is 0. The zero-order valence-electron chi connectivity index (χ0n) is 15.0. The molecule has 3 aromatic rings. The molecule has 0 N–H and O–H groups in total. The molecule has 0 saturated carbocycles. The molecule has 0 bridgehead atoms. The van der Waals surface area contributed by atoms with Crippen LogP contribution in [0, 0.1) is 18.3 Å². The highest BCUT2D eigenvalue weighted by Crippen LogP contribution is 2.39. The van der Waals surface area contributed by atoms with Gasteiger partial charge in [-0.05, 0) is 45.0 Å². The largest absolute Gasteiger partial charge is 0.483 e. The summed E-state index contributed by atoms with van der Waals surface area (Å²) in [7, 11) is 0. The summed E-state index contributed by atoms with van der Waals surface area (Å²) in [5.41, 5.74) is 5.34. The number of ether oxygens (including phenoxy) is 1. The van der Waals surface area contributed by atoms with Gasteiger partial charge in [-0.1, -0.05) is 29.8 Å². The Hall–Kier alpha value is -3.32. The highest BCUT2D eigenvalue weighted by Gasteiger charge is 2.28. The van der Waals surface area contributed by atoms with Gasteiger partial charge >= 0.3 is 0 Å². The monoisotopic (exact) mass is 341 g/mol. The summed E-state index contributed by atoms with van der Waals surface area (Å²) >= 11 is 0. The highest BCUT2D eigenvalue weighted by atomic mass is 16.5. The van der Waals surface area contributed by atoms with Crippen LogP contribution in [0.3, 0.4) is 0 Å². The van der Waals surface area contributed by atoms with Crippen LogP contribution in [-0.2, 0) is 0 Å². The van der Waals surface area contributed by atoms with Crippen LogP contribution >= 0.6 is 0 Å². The smallest absolute Gasteiger partial charge is 0.130 e. The van der Waals surface area contributed by atoms with Crippen LogP contribution in [0.25, 0.3) is 17.0 Å². The SMILES string of the molecule is Cc1ccc(-c2cncn2C2=CC(C)(C)Oc3ccc(C#N)cc32)cc1. The molecule has 0 spiro atoms. The molecule has 2 aromatic carbocycles. The van der Waals surface area contributed by atoms with Gasteiger partial charge in [0, 0.05) is 11.1 Å². The van der Waals surface area contributed by atoms with E-state index in [0.717, 1.165) is 28.3 Å². The average Bonchev–Trinajstić information content (AvgIpc) is 3.10. The van der Waals surface area contributed by atoms with Crippen LogP contribution in [0.4, 0.5) is 0 Å². The second-order valence-electron chi connectivity index (χ2n) is 7.07. The Labute approximate surface area is 153 Å². The summed E-state index contributed by atoms with van der Waals surface area (Å²) in [5, 5.41) is 9.29. The molecule has 26 heavy (non-hydrogen) atoms. The summed E-state index contributed by atoms with van der Waals surface area (Å²) in [6.07, 6.45) is 5.75. The van der Waals surface area contributed by atoms with Crippen molar-refractivity contribution in [2.24, 2.45) is 0 Å². The minimum Gasteiger partial charge on any atom is -0.483 e. The van der Waals surface area contributed by atoms with Gasteiger partial charge in [-0.15, -0.1) is 0 Å². The zero-order valence-corrected chi connectivity index (χ0v) is 15.0. The standard InChI is InChI=1S/C22H19N3O/c1-15-4-7-17(8-5-15)20-13-24-14-25(20)19-11-22(2,3)26-21-9-6-16(12-23)10-18(19)21/h4-11,13-14H,1-3H3. The number of imidazole rings is 1. The van der Waals surface area contributed by atoms with E-state index in [1.807, 2.05) is 38.5 Å². The van der Waals surface area contributed by atoms with Crippen molar-refractivity contribution >= 4 is 5.70 Å². The van der Waals surface area contributed by atoms with Crippen molar-refractivity contribution in [3.63, 3.8) is 0 Å². The van der Waals surface area contributed by atoms with Crippen LogP contribution in [0.1, 0.15) is 30.5 Å². The van der Waals surface area contributed by atoms with Gasteiger partial charge < -0.3 is 4.74 Å². The molecule has 0 radical (unpaired) electrons. The quantitative estimate of drug-likeness (QED) is 0.673. The van der Waals surface area contributed by atoms with Crippen LogP contribution in [-0.4, -0.2) is 15.2 Å². The van der Waals surface area contributed by atoms with Crippen molar-refractivity contribution in [2.45, 2.75) is 26.4 Å². The van der Waals surface area contributed by atoms with E-state index in [4.69, 9.17) is 4.74 Å². The molecule has 4 rings (SSSR count). The van der Waals surface area contributed by atoms with Gasteiger partial charge in [-0.25, -0.2) is 4.98 Å². The lowest BCUT2D eigenvalue weighted by atomic mass is 9.97. The molecule has 4 heteroatoms. The van der Waals surface area contributed by atoms with E-state index in [-0.39, 0.29) is 0 Å². The van der Waals surface area contributed by atoms with Gasteiger partial charge in [0.05, 0.1) is 35.5 Å². The maximum absolute atomic E-state index is 9.29. The molecule has 0 saturated heterocycles. The van der Waals surface area contributed by atoms with Crippen LogP contribution < -0.4 is 4.74 Å². The Bertz CT molecular complexity index is 1050. The van der Waals surface area contributed by atoms with Gasteiger partial charge in [-0.2, -0.15) is 5.26 Å². The molecule has 0 aliphatic carbocycles. The Balaban J connectivity index is 1.91. The van der Waals surface area contributed by atoms with Crippen LogP contribution in [0.15, 0.2) is 61.1 Å². The number of hydrogen-bond acceptors (Lipinski definition) is 3. The minimum atomic E-state index is -0.453. The summed E-state index contributed by atoms with van der Waals surface area (Å²) in [4.78, 5) is 4.38. The molecule has 0 atom stereocenters. The second-order valence-corrected chi connectivity index (χ2v) is 7.07. The first-order chi connectivity index (χ1) is 12.5. The molecule has 0 amide bonds. The third kappa shape index (κ3) is 2.78. The fourth-order valence-electron chi connectivity index (χ4n) is 3.23. The van der Waals surface area contributed by atoms with Crippen molar-refractivity contribution in [3.05, 3.63) is 77.8 Å². The number of nitrogens with zero attached hydrogens (tertiary/aromatic N) is 3. The number of benzene rings is 2. The van der Waals surface area contributed by atoms with Crippen molar-refractivity contribution < 1.29 is 4.74 Å². The Morgan fingerprint density at radius 3 is 2.62 bits per heavy atom. The van der Waals surface area contributed by atoms with Crippen molar-refractivity contribution in [2.75, 3.05) is 0 Å². The first-order valence-electron chi connectivity index (χ1n) is 8.53. The fraction of sp³-hybridized carbons (Fsp3) is 0.182. The van der Waals surface area contributed by atoms with Crippen LogP contribution in [0.2, 0.25) is 0 Å². The van der Waals surface area contributed by atoms with Gasteiger partial charge in [0.15, 0.2) is 0 Å². The molecule has 0 fully saturated rings. The van der Waals surface area contributed by atoms with E-state index in [1.54, 1.807) is 6.07 Å². The van der Waals surface area contributed by atoms with E-state index >= 15 is 0 Å². The average molecular weight is 341 g/mol. The molecule has 1 aromatic heterocycles. The fourth-order valence-corrected chi connectivity index (χ4v) is 3.23.